The number of hydrogen-bond acceptors (Lipinski definition) is 1. The second kappa shape index (κ2) is 11.7. The van der Waals surface area contributed by atoms with Crippen LogP contribution in [0.2, 0.25) is 0 Å². The molecule has 1 nitrogen and oxygen atoms in total. The fourth-order valence-electron chi connectivity index (χ4n) is 8.88. The minimum Gasteiger partial charge on any atom is -0.456 e. The fourth-order valence-corrected chi connectivity index (χ4v) is 8.88. The zero-order valence-corrected chi connectivity index (χ0v) is 30.8. The van der Waals surface area contributed by atoms with Crippen molar-refractivity contribution in [1.29, 1.82) is 0 Å². The van der Waals surface area contributed by atoms with E-state index >= 15 is 0 Å². The molecule has 9 aromatic rings. The molecule has 9 heteroatoms. The molecule has 0 aliphatic carbocycles. The van der Waals surface area contributed by atoms with Gasteiger partial charge in [-0.3, -0.25) is 0 Å². The van der Waals surface area contributed by atoms with Crippen LogP contribution < -0.4 is 43.7 Å². The molecular formula is C42H34B8O. The molecule has 0 fully saturated rings. The molecule has 0 saturated carbocycles. The van der Waals surface area contributed by atoms with E-state index in [-0.39, 0.29) is 0 Å². The second-order valence-electron chi connectivity index (χ2n) is 14.7. The Morgan fingerprint density at radius 3 is 1.33 bits per heavy atom. The summed E-state index contributed by atoms with van der Waals surface area (Å²) in [5.74, 6) is 0. The first-order valence-electron chi connectivity index (χ1n) is 18.1. The third kappa shape index (κ3) is 4.60. The van der Waals surface area contributed by atoms with E-state index in [1.807, 2.05) is 0 Å². The van der Waals surface area contributed by atoms with E-state index in [4.69, 9.17) is 4.42 Å². The Hall–Kier alpha value is -5.14. The van der Waals surface area contributed by atoms with Gasteiger partial charge in [-0.2, -0.15) is 0 Å². The van der Waals surface area contributed by atoms with Gasteiger partial charge in [0, 0.05) is 10.8 Å². The summed E-state index contributed by atoms with van der Waals surface area (Å²) in [7, 11) is 18.5. The van der Waals surface area contributed by atoms with Gasteiger partial charge in [0.15, 0.2) is 0 Å². The van der Waals surface area contributed by atoms with Crippen molar-refractivity contribution in [1.82, 2.24) is 0 Å². The molecule has 0 bridgehead atoms. The third-order valence-corrected chi connectivity index (χ3v) is 12.3. The average Bonchev–Trinajstić information content (AvgIpc) is 3.55. The van der Waals surface area contributed by atoms with Crippen LogP contribution >= 0.6 is 0 Å². The largest absolute Gasteiger partial charge is 0.456 e. The molecule has 8 aromatic carbocycles. The minimum absolute atomic E-state index is 0.919. The molecule has 0 radical (unpaired) electrons. The Morgan fingerprint density at radius 2 is 0.784 bits per heavy atom. The molecule has 0 saturated heterocycles. The molecule has 1 heterocycles. The van der Waals surface area contributed by atoms with Crippen molar-refractivity contribution in [2.75, 3.05) is 0 Å². The van der Waals surface area contributed by atoms with Gasteiger partial charge in [0.2, 0.25) is 0 Å². The van der Waals surface area contributed by atoms with Crippen LogP contribution in [0.1, 0.15) is 0 Å². The molecule has 0 unspecified atom stereocenters. The molecule has 0 N–H and O–H groups in total. The Labute approximate surface area is 306 Å². The van der Waals surface area contributed by atoms with Crippen molar-refractivity contribution in [2.45, 2.75) is 0 Å². The van der Waals surface area contributed by atoms with Crippen LogP contribution in [0.25, 0.3) is 87.6 Å². The van der Waals surface area contributed by atoms with Gasteiger partial charge in [-0.1, -0.05) is 107 Å². The summed E-state index contributed by atoms with van der Waals surface area (Å²) < 4.78 is 6.57. The zero-order valence-electron chi connectivity index (χ0n) is 30.8. The number of furan rings is 1. The van der Waals surface area contributed by atoms with E-state index in [9.17, 15) is 0 Å². The highest BCUT2D eigenvalue weighted by molar-refractivity contribution is 6.71. The van der Waals surface area contributed by atoms with Crippen LogP contribution in [0, 0.1) is 0 Å². The standard InChI is InChI=1S/C42H34B8O/c43-35-31-28(20-9-5-2-6-10-20)32-34(38(46)42(50)40(48)36(32)44)29(33(31)37(45)41(49)39(35)47)23-13-15-26-25(18-23)30-24-14-11-21(19-7-3-1-4-8-19)17-22(24)12-16-27(30)51-26/h1-18H,43-50H2. The van der Waals surface area contributed by atoms with Crippen molar-refractivity contribution in [2.24, 2.45) is 0 Å². The first-order valence-corrected chi connectivity index (χ1v) is 18.1. The third-order valence-electron chi connectivity index (χ3n) is 12.3. The normalized spacial score (nSPS) is 11.8. The van der Waals surface area contributed by atoms with Gasteiger partial charge in [0.25, 0.3) is 0 Å². The van der Waals surface area contributed by atoms with Crippen molar-refractivity contribution in [3.05, 3.63) is 109 Å². The van der Waals surface area contributed by atoms with Gasteiger partial charge < -0.3 is 4.42 Å². The number of benzene rings is 8. The Kier molecular flexibility index (Phi) is 7.30. The number of rotatable bonds is 3. The predicted molar refractivity (Wildman–Crippen MR) is 248 cm³/mol. The molecule has 0 aliphatic heterocycles. The van der Waals surface area contributed by atoms with Crippen molar-refractivity contribution in [3.8, 4) is 33.4 Å². The summed E-state index contributed by atoms with van der Waals surface area (Å²) in [4.78, 5) is 0. The molecule has 51 heavy (non-hydrogen) atoms. The Morgan fingerprint density at radius 1 is 0.314 bits per heavy atom. The van der Waals surface area contributed by atoms with E-state index in [1.54, 1.807) is 0 Å². The lowest BCUT2D eigenvalue weighted by Crippen LogP contribution is -2.50. The van der Waals surface area contributed by atoms with Crippen LogP contribution in [0.4, 0.5) is 0 Å². The van der Waals surface area contributed by atoms with Gasteiger partial charge in [-0.25, -0.2) is 0 Å². The first-order chi connectivity index (χ1) is 24.7. The van der Waals surface area contributed by atoms with Gasteiger partial charge in [-0.05, 0) is 90.0 Å². The second-order valence-corrected chi connectivity index (χ2v) is 14.7. The summed E-state index contributed by atoms with van der Waals surface area (Å²) in [5.41, 5.74) is 20.4. The van der Waals surface area contributed by atoms with E-state index < -0.39 is 0 Å². The van der Waals surface area contributed by atoms with Crippen LogP contribution in [-0.4, -0.2) is 62.8 Å². The SMILES string of the molecule is Bc1c(B)c(B)c2c(-c3ccc4oc5ccc6cc(-c7ccccc7)ccc6c5c4c3)c3c(B)c(B)c(B)c(B)c3c(-c3ccccc3)c2c1B. The monoisotopic (exact) mass is 642 g/mol. The van der Waals surface area contributed by atoms with Crippen LogP contribution in [0.5, 0.6) is 0 Å². The highest BCUT2D eigenvalue weighted by atomic mass is 16.3. The summed E-state index contributed by atoms with van der Waals surface area (Å²) in [5, 5.41) is 10.2. The molecule has 0 amide bonds. The topological polar surface area (TPSA) is 13.1 Å². The van der Waals surface area contributed by atoms with Gasteiger partial charge >= 0.3 is 0 Å². The summed E-state index contributed by atoms with van der Waals surface area (Å²) in [6.45, 7) is 0. The summed E-state index contributed by atoms with van der Waals surface area (Å²) in [6.07, 6.45) is 0. The quantitative estimate of drug-likeness (QED) is 0.163. The van der Waals surface area contributed by atoms with Gasteiger partial charge in [-0.15, -0.1) is 21.9 Å². The van der Waals surface area contributed by atoms with Crippen molar-refractivity contribution >= 4 is 161 Å². The minimum atomic E-state index is 0.919. The highest BCUT2D eigenvalue weighted by Gasteiger charge is 2.25. The van der Waals surface area contributed by atoms with Gasteiger partial charge in [0.1, 0.15) is 73.9 Å². The van der Waals surface area contributed by atoms with E-state index in [2.05, 4.69) is 172 Å². The molecule has 1 aromatic heterocycles. The lowest BCUT2D eigenvalue weighted by molar-refractivity contribution is 0.669. The summed E-state index contributed by atoms with van der Waals surface area (Å²) in [6, 6.07) is 39.8. The van der Waals surface area contributed by atoms with Crippen molar-refractivity contribution in [3.63, 3.8) is 0 Å². The Bertz CT molecular complexity index is 2850. The van der Waals surface area contributed by atoms with Gasteiger partial charge in [0.05, 0.1) is 0 Å². The maximum Gasteiger partial charge on any atom is 0.139 e. The highest BCUT2D eigenvalue weighted by Crippen LogP contribution is 2.43. The molecule has 0 atom stereocenters. The summed E-state index contributed by atoms with van der Waals surface area (Å²) >= 11 is 0. The van der Waals surface area contributed by atoms with Crippen LogP contribution in [0.15, 0.2) is 114 Å². The number of hydrogen-bond donors (Lipinski definition) is 0. The lowest BCUT2D eigenvalue weighted by Gasteiger charge is -2.28. The van der Waals surface area contributed by atoms with E-state index in [0.29, 0.717) is 0 Å². The molecule has 0 spiro atoms. The fraction of sp³-hybridized carbons (Fsp3) is 0. The maximum absolute atomic E-state index is 6.57. The molecular weight excluding hydrogens is 607 g/mol. The predicted octanol–water partition coefficient (Wildman–Crippen LogP) is -1.89. The zero-order chi connectivity index (χ0) is 35.3. The van der Waals surface area contributed by atoms with Crippen LogP contribution in [-0.2, 0) is 0 Å². The Balaban J connectivity index is 1.45. The molecule has 0 aliphatic rings. The molecule has 9 rings (SSSR count). The van der Waals surface area contributed by atoms with Crippen molar-refractivity contribution < 1.29 is 4.42 Å². The lowest BCUT2D eigenvalue weighted by atomic mass is 9.59. The average molecular weight is 641 g/mol. The van der Waals surface area contributed by atoms with Crippen LogP contribution in [0.3, 0.4) is 0 Å². The van der Waals surface area contributed by atoms with E-state index in [0.717, 1.165) is 16.6 Å². The maximum atomic E-state index is 6.57. The first kappa shape index (κ1) is 31.8. The number of fused-ring (bicyclic) bond motifs is 7. The van der Waals surface area contributed by atoms with E-state index in [1.165, 1.54) is 115 Å². The molecule has 232 valence electrons. The smallest absolute Gasteiger partial charge is 0.139 e.